The Morgan fingerprint density at radius 3 is 2.61 bits per heavy atom. The maximum Gasteiger partial charge on any atom is 0.250 e. The third-order valence-corrected chi connectivity index (χ3v) is 5.62. The normalized spacial score (nSPS) is 12.1. The molecular formula is C24H25ClF3N5O3. The number of hydrazine groups is 1. The van der Waals surface area contributed by atoms with Gasteiger partial charge in [-0.1, -0.05) is 48.0 Å². The van der Waals surface area contributed by atoms with E-state index in [4.69, 9.17) is 16.4 Å². The molecule has 3 aromatic rings. The Kier molecular flexibility index (Phi) is 10.00. The van der Waals surface area contributed by atoms with Gasteiger partial charge >= 0.3 is 0 Å². The highest BCUT2D eigenvalue weighted by molar-refractivity contribution is 6.31. The lowest BCUT2D eigenvalue weighted by Crippen LogP contribution is -2.55. The summed E-state index contributed by atoms with van der Waals surface area (Å²) in [5, 5.41) is 6.22. The topological polar surface area (TPSA) is 86.8 Å². The van der Waals surface area contributed by atoms with E-state index in [0.717, 1.165) is 20.8 Å². The number of carbonyl (C=O) groups is 2. The number of halogens is 4. The van der Waals surface area contributed by atoms with E-state index in [-0.39, 0.29) is 30.5 Å². The number of hydrogen-bond acceptors (Lipinski definition) is 6. The minimum absolute atomic E-state index is 0.0227. The first-order valence-corrected chi connectivity index (χ1v) is 11.3. The molecule has 1 atom stereocenters. The van der Waals surface area contributed by atoms with Gasteiger partial charge in [-0.05, 0) is 23.1 Å². The molecule has 0 aliphatic rings. The van der Waals surface area contributed by atoms with Crippen LogP contribution >= 0.6 is 11.6 Å². The molecule has 192 valence electrons. The molecule has 1 heterocycles. The van der Waals surface area contributed by atoms with Crippen molar-refractivity contribution in [3.8, 4) is 0 Å². The zero-order chi connectivity index (χ0) is 26.1. The summed E-state index contributed by atoms with van der Waals surface area (Å²) >= 11 is 5.99. The van der Waals surface area contributed by atoms with Crippen molar-refractivity contribution in [1.29, 1.82) is 0 Å². The van der Waals surface area contributed by atoms with Gasteiger partial charge in [0.2, 0.25) is 12.3 Å². The molecule has 0 saturated heterocycles. The summed E-state index contributed by atoms with van der Waals surface area (Å²) in [4.78, 5) is 34.0. The van der Waals surface area contributed by atoms with Crippen molar-refractivity contribution in [3.63, 3.8) is 0 Å². The number of nitrogens with zero attached hydrogens (tertiary/aromatic N) is 3. The molecule has 0 aliphatic carbocycles. The number of carbonyl (C=O) groups excluding carboxylic acids is 2. The third-order valence-electron chi connectivity index (χ3n) is 5.20. The van der Waals surface area contributed by atoms with Crippen molar-refractivity contribution in [1.82, 2.24) is 20.7 Å². The molecule has 12 heteroatoms. The highest BCUT2D eigenvalue weighted by atomic mass is 35.5. The smallest absolute Gasteiger partial charge is 0.250 e. The predicted octanol–water partition coefficient (Wildman–Crippen LogP) is 3.70. The molecule has 2 aromatic carbocycles. The number of nitrogens with one attached hydrogen (secondary N) is 2. The summed E-state index contributed by atoms with van der Waals surface area (Å²) in [5.41, 5.74) is 3.24. The fourth-order valence-electron chi connectivity index (χ4n) is 3.45. The van der Waals surface area contributed by atoms with Gasteiger partial charge in [0, 0.05) is 31.6 Å². The molecule has 3 rings (SSSR count). The summed E-state index contributed by atoms with van der Waals surface area (Å²) in [5.74, 6) is -0.873. The van der Waals surface area contributed by atoms with E-state index in [1.807, 2.05) is 24.3 Å². The second-order valence-corrected chi connectivity index (χ2v) is 8.13. The fourth-order valence-corrected chi connectivity index (χ4v) is 3.64. The van der Waals surface area contributed by atoms with Gasteiger partial charge in [0.05, 0.1) is 24.2 Å². The van der Waals surface area contributed by atoms with Gasteiger partial charge in [0.1, 0.15) is 5.82 Å². The number of hydrogen-bond donors (Lipinski definition) is 2. The second-order valence-electron chi connectivity index (χ2n) is 7.76. The van der Waals surface area contributed by atoms with E-state index < -0.39 is 30.7 Å². The van der Waals surface area contributed by atoms with Crippen molar-refractivity contribution in [2.24, 2.45) is 0 Å². The standard InChI is InChI=1S/C24H25ClF3N5O3/c1-16(35)33(31-11-19-7-4-8-21(26)24(19)25)20(12-29-13-22(27)28)14-36-32(15-34)23-9-17-5-2-3-6-18(17)10-30-23/h2-10,15,20,22,29,31H,11-14H2,1H3/t20-/m0/s1. The third kappa shape index (κ3) is 7.37. The number of anilines is 1. The molecule has 0 unspecified atom stereocenters. The average molecular weight is 524 g/mol. The summed E-state index contributed by atoms with van der Waals surface area (Å²) in [7, 11) is 0. The van der Waals surface area contributed by atoms with Gasteiger partial charge in [-0.15, -0.1) is 0 Å². The van der Waals surface area contributed by atoms with Crippen molar-refractivity contribution in [2.75, 3.05) is 24.8 Å². The Hall–Kier alpha value is -3.25. The summed E-state index contributed by atoms with van der Waals surface area (Å²) in [6, 6.07) is 12.5. The van der Waals surface area contributed by atoms with Crippen LogP contribution in [0.5, 0.6) is 0 Å². The van der Waals surface area contributed by atoms with Crippen LogP contribution in [0.2, 0.25) is 5.02 Å². The van der Waals surface area contributed by atoms with E-state index in [0.29, 0.717) is 12.0 Å². The number of amides is 2. The molecule has 2 N–H and O–H groups in total. The summed E-state index contributed by atoms with van der Waals surface area (Å²) in [6.45, 7) is 0.286. The van der Waals surface area contributed by atoms with Crippen LogP contribution in [0.25, 0.3) is 10.8 Å². The average Bonchev–Trinajstić information content (AvgIpc) is 2.86. The van der Waals surface area contributed by atoms with E-state index >= 15 is 0 Å². The Morgan fingerprint density at radius 1 is 1.17 bits per heavy atom. The molecule has 0 spiro atoms. The monoisotopic (exact) mass is 523 g/mol. The van der Waals surface area contributed by atoms with Crippen molar-refractivity contribution in [3.05, 3.63) is 71.1 Å². The number of benzene rings is 2. The lowest BCUT2D eigenvalue weighted by Gasteiger charge is -2.32. The van der Waals surface area contributed by atoms with Crippen LogP contribution in [0.15, 0.2) is 54.7 Å². The number of aromatic nitrogens is 1. The molecule has 0 fully saturated rings. The number of rotatable bonds is 13. The highest BCUT2D eigenvalue weighted by Gasteiger charge is 2.24. The Bertz CT molecular complexity index is 1190. The largest absolute Gasteiger partial charge is 0.309 e. The molecule has 0 radical (unpaired) electrons. The van der Waals surface area contributed by atoms with E-state index in [1.165, 1.54) is 19.1 Å². The van der Waals surface area contributed by atoms with Crippen molar-refractivity contribution in [2.45, 2.75) is 25.9 Å². The molecular weight excluding hydrogens is 499 g/mol. The van der Waals surface area contributed by atoms with Gasteiger partial charge in [0.25, 0.3) is 6.43 Å². The first-order valence-electron chi connectivity index (χ1n) is 11.0. The Balaban J connectivity index is 1.75. The molecule has 0 aliphatic heterocycles. The molecule has 8 nitrogen and oxygen atoms in total. The van der Waals surface area contributed by atoms with Gasteiger partial charge in [-0.3, -0.25) is 19.4 Å². The molecule has 36 heavy (non-hydrogen) atoms. The van der Waals surface area contributed by atoms with Crippen molar-refractivity contribution >= 4 is 40.5 Å². The quantitative estimate of drug-likeness (QED) is 0.262. The van der Waals surface area contributed by atoms with Crippen LogP contribution < -0.4 is 15.8 Å². The van der Waals surface area contributed by atoms with Gasteiger partial charge in [-0.25, -0.2) is 23.6 Å². The second kappa shape index (κ2) is 13.2. The number of pyridine rings is 1. The lowest BCUT2D eigenvalue weighted by molar-refractivity contribution is -0.137. The first-order chi connectivity index (χ1) is 17.3. The zero-order valence-electron chi connectivity index (χ0n) is 19.3. The van der Waals surface area contributed by atoms with Crippen LogP contribution in [-0.4, -0.2) is 54.5 Å². The van der Waals surface area contributed by atoms with Crippen LogP contribution in [0.3, 0.4) is 0 Å². The molecule has 0 saturated carbocycles. The van der Waals surface area contributed by atoms with Crippen LogP contribution in [0.1, 0.15) is 12.5 Å². The van der Waals surface area contributed by atoms with Gasteiger partial charge in [-0.2, -0.15) is 5.06 Å². The minimum Gasteiger partial charge on any atom is -0.309 e. The highest BCUT2D eigenvalue weighted by Crippen LogP contribution is 2.20. The van der Waals surface area contributed by atoms with Crippen LogP contribution in [0, 0.1) is 5.82 Å². The molecule has 0 bridgehead atoms. The summed E-state index contributed by atoms with van der Waals surface area (Å²) in [6.07, 6.45) is -0.610. The van der Waals surface area contributed by atoms with E-state index in [1.54, 1.807) is 18.3 Å². The molecule has 2 amide bonds. The van der Waals surface area contributed by atoms with Crippen LogP contribution in [0.4, 0.5) is 19.0 Å². The minimum atomic E-state index is -2.61. The van der Waals surface area contributed by atoms with Gasteiger partial charge < -0.3 is 5.32 Å². The maximum absolute atomic E-state index is 13.8. The lowest BCUT2D eigenvalue weighted by atomic mass is 10.2. The van der Waals surface area contributed by atoms with Gasteiger partial charge in [0.15, 0.2) is 5.82 Å². The van der Waals surface area contributed by atoms with Crippen LogP contribution in [-0.2, 0) is 21.0 Å². The van der Waals surface area contributed by atoms with E-state index in [9.17, 15) is 22.8 Å². The maximum atomic E-state index is 13.8. The number of fused-ring (bicyclic) bond motifs is 1. The van der Waals surface area contributed by atoms with Crippen molar-refractivity contribution < 1.29 is 27.6 Å². The van der Waals surface area contributed by atoms with E-state index in [2.05, 4.69) is 15.7 Å². The molecule has 1 aromatic heterocycles. The SMILES string of the molecule is CC(=O)N(NCc1cccc(F)c1Cl)[C@@H](CNCC(F)F)CON(C=O)c1cc2ccccc2cn1. The fraction of sp³-hybridized carbons (Fsp3) is 0.292. The predicted molar refractivity (Wildman–Crippen MR) is 130 cm³/mol. The number of alkyl halides is 2. The number of hydroxylamine groups is 1. The Morgan fingerprint density at radius 2 is 1.92 bits per heavy atom. The Labute approximate surface area is 210 Å². The zero-order valence-corrected chi connectivity index (χ0v) is 20.1. The summed E-state index contributed by atoms with van der Waals surface area (Å²) < 4.78 is 39.2. The first kappa shape index (κ1) is 27.3.